The van der Waals surface area contributed by atoms with Crippen LogP contribution in [0.15, 0.2) is 18.2 Å². The van der Waals surface area contributed by atoms with Crippen molar-refractivity contribution in [1.29, 1.82) is 0 Å². The minimum Gasteiger partial charge on any atom is -0.493 e. The fourth-order valence-electron chi connectivity index (χ4n) is 3.85. The van der Waals surface area contributed by atoms with Gasteiger partial charge in [-0.1, -0.05) is 6.07 Å². The van der Waals surface area contributed by atoms with Gasteiger partial charge in [-0.3, -0.25) is 0 Å². The topological polar surface area (TPSA) is 33.7 Å². The number of likely N-dealkylation sites (tertiary alicyclic amines) is 1. The Bertz CT molecular complexity index is 494. The molecule has 0 radical (unpaired) electrons. The number of nitrogens with zero attached hydrogens (tertiary/aromatic N) is 1. The van der Waals surface area contributed by atoms with E-state index in [9.17, 15) is 0 Å². The Morgan fingerprint density at radius 2 is 1.92 bits per heavy atom. The summed E-state index contributed by atoms with van der Waals surface area (Å²) in [6.45, 7) is 6.74. The van der Waals surface area contributed by atoms with Crippen LogP contribution >= 0.6 is 0 Å². The van der Waals surface area contributed by atoms with E-state index in [1.54, 1.807) is 7.11 Å². The smallest absolute Gasteiger partial charge is 0.161 e. The van der Waals surface area contributed by atoms with E-state index in [0.29, 0.717) is 0 Å². The van der Waals surface area contributed by atoms with Crippen molar-refractivity contribution in [1.82, 2.24) is 10.2 Å². The highest BCUT2D eigenvalue weighted by atomic mass is 16.5. The molecule has 0 unspecified atom stereocenters. The lowest BCUT2D eigenvalue weighted by atomic mass is 9.91. The van der Waals surface area contributed by atoms with Gasteiger partial charge in [0.15, 0.2) is 11.5 Å². The number of nitrogens with one attached hydrogen (secondary N) is 1. The standard InChI is InChI=1S/C20H32N2O2/c1-23-20-16-18(15-17-7-9-21-10-8-17)5-6-19(20)24-14-4-13-22-11-2-3-12-22/h5-6,16-17,21H,2-4,7-15H2,1H3. The van der Waals surface area contributed by atoms with Crippen LogP contribution in [0.5, 0.6) is 11.5 Å². The lowest BCUT2D eigenvalue weighted by molar-refractivity contribution is 0.254. The minimum absolute atomic E-state index is 0.764. The van der Waals surface area contributed by atoms with E-state index in [0.717, 1.165) is 56.5 Å². The molecule has 2 aliphatic rings. The van der Waals surface area contributed by atoms with E-state index < -0.39 is 0 Å². The normalized spacial score (nSPS) is 19.5. The number of benzene rings is 1. The summed E-state index contributed by atoms with van der Waals surface area (Å²) < 4.78 is 11.5. The zero-order valence-electron chi connectivity index (χ0n) is 15.1. The molecule has 134 valence electrons. The third-order valence-corrected chi connectivity index (χ3v) is 5.29. The fourth-order valence-corrected chi connectivity index (χ4v) is 3.85. The van der Waals surface area contributed by atoms with Crippen molar-refractivity contribution < 1.29 is 9.47 Å². The van der Waals surface area contributed by atoms with Gasteiger partial charge < -0.3 is 19.7 Å². The second kappa shape index (κ2) is 9.28. The van der Waals surface area contributed by atoms with E-state index in [4.69, 9.17) is 9.47 Å². The molecule has 1 aromatic carbocycles. The highest BCUT2D eigenvalue weighted by Gasteiger charge is 2.15. The lowest BCUT2D eigenvalue weighted by Crippen LogP contribution is -2.28. The molecule has 0 saturated carbocycles. The number of piperidine rings is 1. The summed E-state index contributed by atoms with van der Waals surface area (Å²) in [5.41, 5.74) is 1.36. The minimum atomic E-state index is 0.764. The molecule has 1 N–H and O–H groups in total. The molecule has 2 fully saturated rings. The number of ether oxygens (including phenoxy) is 2. The molecule has 2 saturated heterocycles. The average molecular weight is 332 g/mol. The highest BCUT2D eigenvalue weighted by Crippen LogP contribution is 2.30. The monoisotopic (exact) mass is 332 g/mol. The summed E-state index contributed by atoms with van der Waals surface area (Å²) >= 11 is 0. The first kappa shape index (κ1) is 17.6. The van der Waals surface area contributed by atoms with Crippen molar-refractivity contribution in [3.05, 3.63) is 23.8 Å². The van der Waals surface area contributed by atoms with E-state index in [2.05, 4.69) is 28.4 Å². The zero-order chi connectivity index (χ0) is 16.6. The third kappa shape index (κ3) is 5.12. The van der Waals surface area contributed by atoms with Crippen molar-refractivity contribution in [3.63, 3.8) is 0 Å². The van der Waals surface area contributed by atoms with Gasteiger partial charge in [0.25, 0.3) is 0 Å². The Morgan fingerprint density at radius 3 is 2.67 bits per heavy atom. The van der Waals surface area contributed by atoms with Gasteiger partial charge in [0.05, 0.1) is 13.7 Å². The maximum absolute atomic E-state index is 5.97. The average Bonchev–Trinajstić information content (AvgIpc) is 3.14. The lowest BCUT2D eigenvalue weighted by Gasteiger charge is -2.23. The summed E-state index contributed by atoms with van der Waals surface area (Å²) in [6.07, 6.45) is 7.49. The first-order valence-electron chi connectivity index (χ1n) is 9.58. The molecular formula is C20H32N2O2. The molecule has 0 spiro atoms. The van der Waals surface area contributed by atoms with Crippen molar-refractivity contribution in [2.75, 3.05) is 46.4 Å². The van der Waals surface area contributed by atoms with Gasteiger partial charge in [-0.2, -0.15) is 0 Å². The van der Waals surface area contributed by atoms with Crippen molar-refractivity contribution in [2.45, 2.75) is 38.5 Å². The molecule has 24 heavy (non-hydrogen) atoms. The molecule has 1 aromatic rings. The quantitative estimate of drug-likeness (QED) is 0.742. The van der Waals surface area contributed by atoms with Crippen molar-refractivity contribution in [2.24, 2.45) is 5.92 Å². The molecular weight excluding hydrogens is 300 g/mol. The van der Waals surface area contributed by atoms with Gasteiger partial charge >= 0.3 is 0 Å². The summed E-state index contributed by atoms with van der Waals surface area (Å²) in [5, 5.41) is 3.43. The maximum Gasteiger partial charge on any atom is 0.161 e. The van der Waals surface area contributed by atoms with Crippen LogP contribution in [0.3, 0.4) is 0 Å². The molecule has 0 atom stereocenters. The second-order valence-corrected chi connectivity index (χ2v) is 7.13. The van der Waals surface area contributed by atoms with Crippen LogP contribution in [0.4, 0.5) is 0 Å². The van der Waals surface area contributed by atoms with Crippen molar-refractivity contribution >= 4 is 0 Å². The van der Waals surface area contributed by atoms with Gasteiger partial charge in [0.1, 0.15) is 0 Å². The van der Waals surface area contributed by atoms with Gasteiger partial charge in [-0.15, -0.1) is 0 Å². The Kier molecular flexibility index (Phi) is 6.79. The summed E-state index contributed by atoms with van der Waals surface area (Å²) in [5.74, 6) is 2.55. The van der Waals surface area contributed by atoms with E-state index in [1.807, 2.05) is 0 Å². The van der Waals surface area contributed by atoms with Crippen LogP contribution in [-0.4, -0.2) is 51.3 Å². The number of rotatable bonds is 8. The second-order valence-electron chi connectivity index (χ2n) is 7.13. The van der Waals surface area contributed by atoms with E-state index >= 15 is 0 Å². The Labute approximate surface area is 146 Å². The van der Waals surface area contributed by atoms with Crippen molar-refractivity contribution in [3.8, 4) is 11.5 Å². The predicted octanol–water partition coefficient (Wildman–Crippen LogP) is 3.10. The Hall–Kier alpha value is -1.26. The van der Waals surface area contributed by atoms with E-state index in [-0.39, 0.29) is 0 Å². The summed E-state index contributed by atoms with van der Waals surface area (Å²) in [4.78, 5) is 2.53. The first-order valence-corrected chi connectivity index (χ1v) is 9.58. The molecule has 4 nitrogen and oxygen atoms in total. The van der Waals surface area contributed by atoms with Crippen LogP contribution in [-0.2, 0) is 6.42 Å². The van der Waals surface area contributed by atoms with E-state index in [1.165, 1.54) is 44.3 Å². The fraction of sp³-hybridized carbons (Fsp3) is 0.700. The SMILES string of the molecule is COc1cc(CC2CCNCC2)ccc1OCCCN1CCCC1. The third-order valence-electron chi connectivity index (χ3n) is 5.29. The molecule has 0 bridgehead atoms. The van der Waals surface area contributed by atoms with Crippen LogP contribution in [0, 0.1) is 5.92 Å². The van der Waals surface area contributed by atoms with Gasteiger partial charge in [0.2, 0.25) is 0 Å². The first-order chi connectivity index (χ1) is 11.8. The molecule has 0 aromatic heterocycles. The Balaban J connectivity index is 1.47. The van der Waals surface area contributed by atoms with Gasteiger partial charge in [-0.05, 0) is 88.3 Å². The van der Waals surface area contributed by atoms with Crippen LogP contribution in [0.2, 0.25) is 0 Å². The molecule has 2 aliphatic heterocycles. The van der Waals surface area contributed by atoms with Gasteiger partial charge in [0, 0.05) is 6.54 Å². The summed E-state index contributed by atoms with van der Waals surface area (Å²) in [7, 11) is 1.74. The maximum atomic E-state index is 5.97. The van der Waals surface area contributed by atoms with Gasteiger partial charge in [-0.25, -0.2) is 0 Å². The van der Waals surface area contributed by atoms with Crippen LogP contribution in [0.25, 0.3) is 0 Å². The number of hydrogen-bond acceptors (Lipinski definition) is 4. The van der Waals surface area contributed by atoms with Crippen LogP contribution < -0.4 is 14.8 Å². The highest BCUT2D eigenvalue weighted by molar-refractivity contribution is 5.43. The molecule has 4 heteroatoms. The summed E-state index contributed by atoms with van der Waals surface area (Å²) in [6, 6.07) is 6.46. The number of methoxy groups -OCH3 is 1. The molecule has 0 amide bonds. The zero-order valence-corrected chi connectivity index (χ0v) is 15.1. The molecule has 0 aliphatic carbocycles. The predicted molar refractivity (Wildman–Crippen MR) is 98.1 cm³/mol. The largest absolute Gasteiger partial charge is 0.493 e. The molecule has 2 heterocycles. The van der Waals surface area contributed by atoms with Crippen LogP contribution in [0.1, 0.15) is 37.7 Å². The number of hydrogen-bond donors (Lipinski definition) is 1. The Morgan fingerprint density at radius 1 is 1.12 bits per heavy atom. The molecule has 3 rings (SSSR count).